The average molecular weight is 400 g/mol. The van der Waals surface area contributed by atoms with Gasteiger partial charge in [-0.3, -0.25) is 10.1 Å². The lowest BCUT2D eigenvalue weighted by molar-refractivity contribution is -0.117. The van der Waals surface area contributed by atoms with Gasteiger partial charge >= 0.3 is 6.03 Å². The molecule has 1 aromatic heterocycles. The Morgan fingerprint density at radius 2 is 2.04 bits per heavy atom. The second-order valence-corrected chi connectivity index (χ2v) is 8.81. The number of nitrogens with zero attached hydrogens (tertiary/aromatic N) is 3. The first-order valence-electron chi connectivity index (χ1n) is 9.01. The van der Waals surface area contributed by atoms with Crippen molar-refractivity contribution in [3.63, 3.8) is 0 Å². The standard InChI is InChI=1S/C16H25N5O3S2/c1-11-4-2-3-5-12(11)17-14(23)18-13(22)10-25-16-20-19-15(26-16)21-6-8-24-9-7-21/h11-12H,2-10H2,1H3,(H2,17,18,22,23). The number of hydrogen-bond acceptors (Lipinski definition) is 8. The van der Waals surface area contributed by atoms with E-state index in [0.29, 0.717) is 19.1 Å². The van der Waals surface area contributed by atoms with Gasteiger partial charge in [-0.05, 0) is 18.8 Å². The molecule has 0 spiro atoms. The molecule has 1 saturated carbocycles. The number of anilines is 1. The van der Waals surface area contributed by atoms with E-state index in [-0.39, 0.29) is 17.7 Å². The molecule has 1 saturated heterocycles. The summed E-state index contributed by atoms with van der Waals surface area (Å²) in [5.74, 6) is 0.281. The van der Waals surface area contributed by atoms with E-state index in [9.17, 15) is 9.59 Å². The van der Waals surface area contributed by atoms with Gasteiger partial charge in [0.2, 0.25) is 11.0 Å². The van der Waals surface area contributed by atoms with Gasteiger partial charge in [-0.2, -0.15) is 0 Å². The summed E-state index contributed by atoms with van der Waals surface area (Å²) in [6.07, 6.45) is 4.44. The molecule has 2 atom stereocenters. The molecule has 1 aromatic rings. The maximum Gasteiger partial charge on any atom is 0.321 e. The lowest BCUT2D eigenvalue weighted by atomic mass is 9.86. The van der Waals surface area contributed by atoms with Crippen molar-refractivity contribution in [2.24, 2.45) is 5.92 Å². The molecule has 2 fully saturated rings. The fourth-order valence-corrected chi connectivity index (χ4v) is 4.86. The lowest BCUT2D eigenvalue weighted by Gasteiger charge is -2.29. The van der Waals surface area contributed by atoms with Crippen LogP contribution in [0.2, 0.25) is 0 Å². The third-order valence-corrected chi connectivity index (χ3v) is 6.80. The number of nitrogens with one attached hydrogen (secondary N) is 2. The summed E-state index contributed by atoms with van der Waals surface area (Å²) in [5.41, 5.74) is 0. The highest BCUT2D eigenvalue weighted by Crippen LogP contribution is 2.28. The Morgan fingerprint density at radius 3 is 2.81 bits per heavy atom. The third kappa shape index (κ3) is 5.55. The molecule has 0 radical (unpaired) electrons. The predicted octanol–water partition coefficient (Wildman–Crippen LogP) is 1.87. The summed E-state index contributed by atoms with van der Waals surface area (Å²) in [6.45, 7) is 5.14. The van der Waals surface area contributed by atoms with Crippen LogP contribution in [-0.2, 0) is 9.53 Å². The number of morpholine rings is 1. The Kier molecular flexibility index (Phi) is 7.09. The SMILES string of the molecule is CC1CCCCC1NC(=O)NC(=O)CSc1nnc(N2CCOCC2)s1. The van der Waals surface area contributed by atoms with Gasteiger partial charge in [-0.15, -0.1) is 10.2 Å². The number of hydrogen-bond donors (Lipinski definition) is 2. The molecule has 0 bridgehead atoms. The van der Waals surface area contributed by atoms with Gasteiger partial charge in [0.1, 0.15) is 0 Å². The molecular weight excluding hydrogens is 374 g/mol. The number of ether oxygens (including phenoxy) is 1. The Bertz CT molecular complexity index is 621. The van der Waals surface area contributed by atoms with Crippen LogP contribution in [0, 0.1) is 5.92 Å². The van der Waals surface area contributed by atoms with Crippen LogP contribution in [0.1, 0.15) is 32.6 Å². The van der Waals surface area contributed by atoms with Crippen molar-refractivity contribution in [2.45, 2.75) is 43.0 Å². The van der Waals surface area contributed by atoms with Crippen LogP contribution < -0.4 is 15.5 Å². The van der Waals surface area contributed by atoms with E-state index in [1.807, 2.05) is 0 Å². The van der Waals surface area contributed by atoms with E-state index in [2.05, 4.69) is 32.7 Å². The first-order valence-corrected chi connectivity index (χ1v) is 10.8. The van der Waals surface area contributed by atoms with Gasteiger partial charge in [0.05, 0.1) is 19.0 Å². The molecule has 3 rings (SSSR count). The number of urea groups is 1. The number of carbonyl (C=O) groups excluding carboxylic acids is 2. The average Bonchev–Trinajstić information content (AvgIpc) is 3.12. The summed E-state index contributed by atoms with van der Waals surface area (Å²) < 4.78 is 6.05. The zero-order valence-corrected chi connectivity index (χ0v) is 16.5. The molecule has 10 heteroatoms. The minimum Gasteiger partial charge on any atom is -0.378 e. The summed E-state index contributed by atoms with van der Waals surface area (Å²) in [7, 11) is 0. The Labute approximate surface area is 161 Å². The molecular formula is C16H25N5O3S2. The van der Waals surface area contributed by atoms with Crippen LogP contribution in [0.4, 0.5) is 9.93 Å². The number of thioether (sulfide) groups is 1. The van der Waals surface area contributed by atoms with Gasteiger partial charge in [0.15, 0.2) is 4.34 Å². The predicted molar refractivity (Wildman–Crippen MR) is 102 cm³/mol. The molecule has 2 heterocycles. The molecule has 3 amide bonds. The molecule has 0 aromatic carbocycles. The Morgan fingerprint density at radius 1 is 1.27 bits per heavy atom. The lowest BCUT2D eigenvalue weighted by Crippen LogP contribution is -2.48. The molecule has 144 valence electrons. The number of rotatable bonds is 5. The van der Waals surface area contributed by atoms with E-state index < -0.39 is 6.03 Å². The van der Waals surface area contributed by atoms with Crippen molar-refractivity contribution in [2.75, 3.05) is 37.0 Å². The van der Waals surface area contributed by atoms with Gasteiger partial charge in [-0.25, -0.2) is 4.79 Å². The zero-order chi connectivity index (χ0) is 18.4. The monoisotopic (exact) mass is 399 g/mol. The van der Waals surface area contributed by atoms with Gasteiger partial charge in [0.25, 0.3) is 0 Å². The van der Waals surface area contributed by atoms with Gasteiger partial charge < -0.3 is 15.0 Å². The highest BCUT2D eigenvalue weighted by Gasteiger charge is 2.23. The summed E-state index contributed by atoms with van der Waals surface area (Å²) in [4.78, 5) is 26.1. The fourth-order valence-electron chi connectivity index (χ4n) is 3.17. The third-order valence-electron chi connectivity index (χ3n) is 4.69. The van der Waals surface area contributed by atoms with E-state index in [1.165, 1.54) is 29.5 Å². The van der Waals surface area contributed by atoms with Gasteiger partial charge in [-0.1, -0.05) is 42.9 Å². The van der Waals surface area contributed by atoms with Crippen LogP contribution >= 0.6 is 23.1 Å². The topological polar surface area (TPSA) is 96.5 Å². The second-order valence-electron chi connectivity index (χ2n) is 6.63. The molecule has 2 aliphatic rings. The number of aromatic nitrogens is 2. The molecule has 2 N–H and O–H groups in total. The van der Waals surface area contributed by atoms with Crippen LogP contribution in [-0.4, -0.2) is 60.2 Å². The summed E-state index contributed by atoms with van der Waals surface area (Å²) in [6, 6.07) is -0.246. The van der Waals surface area contributed by atoms with Crippen molar-refractivity contribution in [3.05, 3.63) is 0 Å². The molecule has 26 heavy (non-hydrogen) atoms. The Balaban J connectivity index is 1.39. The molecule has 2 unspecified atom stereocenters. The van der Waals surface area contributed by atoms with Crippen molar-refractivity contribution >= 4 is 40.2 Å². The summed E-state index contributed by atoms with van der Waals surface area (Å²) >= 11 is 2.76. The fraction of sp³-hybridized carbons (Fsp3) is 0.750. The maximum absolute atomic E-state index is 12.0. The second kappa shape index (κ2) is 9.52. The van der Waals surface area contributed by atoms with Crippen LogP contribution in [0.5, 0.6) is 0 Å². The van der Waals surface area contributed by atoms with Crippen LogP contribution in [0.25, 0.3) is 0 Å². The van der Waals surface area contributed by atoms with E-state index in [1.54, 1.807) is 0 Å². The number of imide groups is 1. The van der Waals surface area contributed by atoms with Crippen LogP contribution in [0.15, 0.2) is 4.34 Å². The first-order chi connectivity index (χ1) is 12.6. The minimum atomic E-state index is -0.402. The highest BCUT2D eigenvalue weighted by atomic mass is 32.2. The van der Waals surface area contributed by atoms with Gasteiger partial charge in [0, 0.05) is 19.1 Å². The molecule has 1 aliphatic carbocycles. The normalized spacial score (nSPS) is 23.5. The zero-order valence-electron chi connectivity index (χ0n) is 14.9. The van der Waals surface area contributed by atoms with Crippen molar-refractivity contribution in [1.29, 1.82) is 0 Å². The minimum absolute atomic E-state index is 0.144. The van der Waals surface area contributed by atoms with E-state index in [0.717, 1.165) is 41.8 Å². The molecule has 8 nitrogen and oxygen atoms in total. The number of amides is 3. The molecule has 1 aliphatic heterocycles. The van der Waals surface area contributed by atoms with Crippen molar-refractivity contribution < 1.29 is 14.3 Å². The van der Waals surface area contributed by atoms with Crippen LogP contribution in [0.3, 0.4) is 0 Å². The van der Waals surface area contributed by atoms with Crippen molar-refractivity contribution in [1.82, 2.24) is 20.8 Å². The quantitative estimate of drug-likeness (QED) is 0.730. The largest absolute Gasteiger partial charge is 0.378 e. The first kappa shape index (κ1) is 19.4. The summed E-state index contributed by atoms with van der Waals surface area (Å²) in [5, 5.41) is 14.5. The maximum atomic E-state index is 12.0. The van der Waals surface area contributed by atoms with Crippen molar-refractivity contribution in [3.8, 4) is 0 Å². The number of carbonyl (C=O) groups is 2. The Hall–Kier alpha value is -1.39. The van der Waals surface area contributed by atoms with E-state index >= 15 is 0 Å². The smallest absolute Gasteiger partial charge is 0.321 e. The van der Waals surface area contributed by atoms with E-state index in [4.69, 9.17) is 4.74 Å². The highest BCUT2D eigenvalue weighted by molar-refractivity contribution is 8.01.